The molecule has 0 radical (unpaired) electrons. The van der Waals surface area contributed by atoms with E-state index >= 15 is 0 Å². The lowest BCUT2D eigenvalue weighted by atomic mass is 9.90. The minimum Gasteiger partial charge on any atom is -0.360 e. The number of amides is 1. The van der Waals surface area contributed by atoms with Gasteiger partial charge in [-0.25, -0.2) is 4.39 Å². The third kappa shape index (κ3) is 4.19. The van der Waals surface area contributed by atoms with Crippen LogP contribution >= 0.6 is 9.24 Å². The molecule has 0 spiro atoms. The number of carbonyl (C=O) groups excluding carboxylic acids is 3. The van der Waals surface area contributed by atoms with Gasteiger partial charge in [-0.2, -0.15) is 0 Å². The van der Waals surface area contributed by atoms with Crippen molar-refractivity contribution in [2.24, 2.45) is 5.92 Å². The molecule has 1 atom stereocenters. The monoisotopic (exact) mass is 424 g/mol. The van der Waals surface area contributed by atoms with Crippen molar-refractivity contribution in [1.82, 2.24) is 9.88 Å². The molecule has 1 aliphatic heterocycles. The lowest BCUT2D eigenvalue weighted by Gasteiger charge is -2.32. The Hall–Kier alpha value is -2.85. The first-order valence-corrected chi connectivity index (χ1v) is 10.5. The smallest absolute Gasteiger partial charge is 0.253 e. The number of carbonyl (C=O) groups is 3. The summed E-state index contributed by atoms with van der Waals surface area (Å²) in [5.41, 5.74) is 1.98. The minimum absolute atomic E-state index is 0.0751. The Morgan fingerprint density at radius 1 is 1.07 bits per heavy atom. The van der Waals surface area contributed by atoms with Gasteiger partial charge >= 0.3 is 0 Å². The van der Waals surface area contributed by atoms with Crippen LogP contribution in [0.2, 0.25) is 0 Å². The highest BCUT2D eigenvalue weighted by Crippen LogP contribution is 2.25. The Morgan fingerprint density at radius 3 is 2.43 bits per heavy atom. The molecule has 1 saturated heterocycles. The fourth-order valence-corrected chi connectivity index (χ4v) is 4.21. The number of aromatic amines is 1. The quantitative estimate of drug-likeness (QED) is 0.383. The summed E-state index contributed by atoms with van der Waals surface area (Å²) >= 11 is 0. The normalized spacial score (nSPS) is 14.8. The van der Waals surface area contributed by atoms with E-state index in [4.69, 9.17) is 0 Å². The van der Waals surface area contributed by atoms with Crippen LogP contribution in [0.15, 0.2) is 48.7 Å². The average Bonchev–Trinajstić information content (AvgIpc) is 3.18. The van der Waals surface area contributed by atoms with Crippen molar-refractivity contribution in [2.45, 2.75) is 19.3 Å². The molecule has 2 aromatic carbocycles. The van der Waals surface area contributed by atoms with Crippen LogP contribution in [0.4, 0.5) is 4.39 Å². The summed E-state index contributed by atoms with van der Waals surface area (Å²) in [6, 6.07) is 11.8. The SMILES string of the molecule is O=C(P)C(=O)c1c[nH]c2ccc(C(=O)N3CCC(Cc4ccc(F)cc4)CC3)cc12. The largest absolute Gasteiger partial charge is 0.360 e. The van der Waals surface area contributed by atoms with Crippen molar-refractivity contribution in [1.29, 1.82) is 0 Å². The summed E-state index contributed by atoms with van der Waals surface area (Å²) in [6.45, 7) is 1.32. The average molecular weight is 424 g/mol. The molecule has 2 heterocycles. The number of aromatic nitrogens is 1. The standard InChI is InChI=1S/C23H22FN2O3P/c24-17-4-1-14(2-5-17)11-15-7-9-26(10-8-15)22(28)16-3-6-20-18(12-16)19(13-25-20)21(27)23(29)30/h1-6,12-13,15,25H,7-11,30H2. The molecule has 1 N–H and O–H groups in total. The molecule has 0 aliphatic carbocycles. The Balaban J connectivity index is 1.44. The Morgan fingerprint density at radius 2 is 1.77 bits per heavy atom. The molecule has 154 valence electrons. The predicted octanol–water partition coefficient (Wildman–Crippen LogP) is 3.99. The van der Waals surface area contributed by atoms with Crippen LogP contribution in [0.5, 0.6) is 0 Å². The first-order valence-electron chi connectivity index (χ1n) is 9.91. The number of rotatable bonds is 5. The van der Waals surface area contributed by atoms with Crippen molar-refractivity contribution in [2.75, 3.05) is 13.1 Å². The molecule has 30 heavy (non-hydrogen) atoms. The first-order chi connectivity index (χ1) is 14.4. The van der Waals surface area contributed by atoms with Gasteiger partial charge in [-0.05, 0) is 61.1 Å². The van der Waals surface area contributed by atoms with Gasteiger partial charge in [0.1, 0.15) is 5.82 Å². The fourth-order valence-electron chi connectivity index (χ4n) is 4.05. The molecule has 1 aromatic heterocycles. The van der Waals surface area contributed by atoms with E-state index in [9.17, 15) is 18.8 Å². The lowest BCUT2D eigenvalue weighted by molar-refractivity contribution is -0.107. The van der Waals surface area contributed by atoms with Crippen LogP contribution in [-0.4, -0.2) is 40.2 Å². The second-order valence-corrected chi connectivity index (χ2v) is 8.25. The van der Waals surface area contributed by atoms with Crippen LogP contribution < -0.4 is 0 Å². The summed E-state index contributed by atoms with van der Waals surface area (Å²) < 4.78 is 13.1. The third-order valence-corrected chi connectivity index (χ3v) is 6.00. The van der Waals surface area contributed by atoms with E-state index in [0.29, 0.717) is 35.5 Å². The number of nitrogens with zero attached hydrogens (tertiary/aromatic N) is 1. The van der Waals surface area contributed by atoms with E-state index in [1.54, 1.807) is 18.2 Å². The number of H-pyrrole nitrogens is 1. The van der Waals surface area contributed by atoms with Crippen molar-refractivity contribution >= 4 is 37.4 Å². The molecular formula is C23H22FN2O3P. The summed E-state index contributed by atoms with van der Waals surface area (Å²) in [5, 5.41) is 0.577. The predicted molar refractivity (Wildman–Crippen MR) is 116 cm³/mol. The summed E-state index contributed by atoms with van der Waals surface area (Å²) in [4.78, 5) is 41.3. The summed E-state index contributed by atoms with van der Waals surface area (Å²) in [7, 11) is 1.89. The van der Waals surface area contributed by atoms with Crippen LogP contribution in [-0.2, 0) is 11.2 Å². The number of fused-ring (bicyclic) bond motifs is 1. The van der Waals surface area contributed by atoms with Crippen LogP contribution in [0.3, 0.4) is 0 Å². The number of benzene rings is 2. The van der Waals surface area contributed by atoms with Gasteiger partial charge in [-0.3, -0.25) is 14.4 Å². The second kappa shape index (κ2) is 8.49. The van der Waals surface area contributed by atoms with Gasteiger partial charge in [0, 0.05) is 35.8 Å². The zero-order valence-electron chi connectivity index (χ0n) is 16.4. The maximum atomic E-state index is 13.1. The molecule has 7 heteroatoms. The third-order valence-electron chi connectivity index (χ3n) is 5.74. The number of hydrogen-bond acceptors (Lipinski definition) is 3. The number of halogens is 1. The van der Waals surface area contributed by atoms with E-state index in [2.05, 4.69) is 4.98 Å². The van der Waals surface area contributed by atoms with E-state index < -0.39 is 11.3 Å². The number of ketones is 1. The second-order valence-electron chi connectivity index (χ2n) is 7.72. The van der Waals surface area contributed by atoms with Gasteiger partial charge in [0.15, 0.2) is 0 Å². The lowest BCUT2D eigenvalue weighted by Crippen LogP contribution is -2.38. The van der Waals surface area contributed by atoms with Crippen molar-refractivity contribution in [3.8, 4) is 0 Å². The van der Waals surface area contributed by atoms with E-state index in [1.807, 2.05) is 26.3 Å². The molecule has 3 aromatic rings. The zero-order chi connectivity index (χ0) is 21.3. The first kappa shape index (κ1) is 20.4. The number of likely N-dealkylation sites (tertiary alicyclic amines) is 1. The Kier molecular flexibility index (Phi) is 5.78. The van der Waals surface area contributed by atoms with Crippen LogP contribution in [0.1, 0.15) is 39.1 Å². The number of nitrogens with one attached hydrogen (secondary N) is 1. The van der Waals surface area contributed by atoms with E-state index in [-0.39, 0.29) is 17.3 Å². The molecule has 1 unspecified atom stereocenters. The van der Waals surface area contributed by atoms with Gasteiger partial charge in [0.2, 0.25) is 11.3 Å². The van der Waals surface area contributed by atoms with Crippen molar-refractivity contribution < 1.29 is 18.8 Å². The molecule has 0 bridgehead atoms. The highest BCUT2D eigenvalue weighted by Gasteiger charge is 2.25. The molecular weight excluding hydrogens is 402 g/mol. The minimum atomic E-state index is -0.615. The van der Waals surface area contributed by atoms with Gasteiger partial charge < -0.3 is 9.88 Å². The zero-order valence-corrected chi connectivity index (χ0v) is 17.5. The summed E-state index contributed by atoms with van der Waals surface area (Å²) in [5.74, 6) is -0.444. The molecule has 1 aliphatic rings. The molecule has 1 amide bonds. The molecule has 0 saturated carbocycles. The Labute approximate surface area is 175 Å². The number of piperidine rings is 1. The molecule has 1 fully saturated rings. The van der Waals surface area contributed by atoms with Crippen LogP contribution in [0, 0.1) is 11.7 Å². The topological polar surface area (TPSA) is 70.2 Å². The maximum absolute atomic E-state index is 13.1. The van der Waals surface area contributed by atoms with Gasteiger partial charge in [0.25, 0.3) is 5.91 Å². The highest BCUT2D eigenvalue weighted by atomic mass is 31.0. The van der Waals surface area contributed by atoms with Gasteiger partial charge in [0.05, 0.1) is 5.56 Å². The van der Waals surface area contributed by atoms with Crippen molar-refractivity contribution in [3.05, 3.63) is 71.2 Å². The molecule has 5 nitrogen and oxygen atoms in total. The van der Waals surface area contributed by atoms with Gasteiger partial charge in [-0.1, -0.05) is 21.4 Å². The summed E-state index contributed by atoms with van der Waals surface area (Å²) in [6.07, 6.45) is 4.16. The molecule has 4 rings (SSSR count). The van der Waals surface area contributed by atoms with Crippen molar-refractivity contribution in [3.63, 3.8) is 0 Å². The van der Waals surface area contributed by atoms with Crippen LogP contribution in [0.25, 0.3) is 10.9 Å². The van der Waals surface area contributed by atoms with Gasteiger partial charge in [-0.15, -0.1) is 0 Å². The highest BCUT2D eigenvalue weighted by molar-refractivity contribution is 7.45. The van der Waals surface area contributed by atoms with E-state index in [0.717, 1.165) is 24.8 Å². The van der Waals surface area contributed by atoms with E-state index in [1.165, 1.54) is 18.3 Å². The fraction of sp³-hybridized carbons (Fsp3) is 0.261. The number of hydrogen-bond donors (Lipinski definition) is 1. The number of Topliss-reactive ketones (excluding diaryl/α,β-unsaturated/α-hetero) is 1. The maximum Gasteiger partial charge on any atom is 0.253 e. The Bertz CT molecular complexity index is 1120.